The Bertz CT molecular complexity index is 715. The summed E-state index contributed by atoms with van der Waals surface area (Å²) in [6.07, 6.45) is 2.39. The van der Waals surface area contributed by atoms with E-state index in [2.05, 4.69) is 66.0 Å². The normalized spacial score (nSPS) is 24.5. The zero-order valence-electron chi connectivity index (χ0n) is 17.1. The Kier molecular flexibility index (Phi) is 6.93. The summed E-state index contributed by atoms with van der Waals surface area (Å²) in [5.41, 5.74) is 2.73. The Balaban J connectivity index is 1.32. The van der Waals surface area contributed by atoms with Crippen molar-refractivity contribution in [1.29, 1.82) is 0 Å². The van der Waals surface area contributed by atoms with Gasteiger partial charge in [0, 0.05) is 24.3 Å². The van der Waals surface area contributed by atoms with Gasteiger partial charge in [-0.1, -0.05) is 60.7 Å². The number of carbonyl (C=O) groups is 1. The number of nitrogens with one attached hydrogen (secondary N) is 3. The zero-order chi connectivity index (χ0) is 19.9. The van der Waals surface area contributed by atoms with Gasteiger partial charge in [0.15, 0.2) is 6.54 Å². The van der Waals surface area contributed by atoms with E-state index in [9.17, 15) is 4.79 Å². The molecule has 0 saturated carbocycles. The molecule has 0 aromatic heterocycles. The van der Waals surface area contributed by atoms with Crippen LogP contribution in [0.3, 0.4) is 0 Å². The predicted molar refractivity (Wildman–Crippen MR) is 113 cm³/mol. The van der Waals surface area contributed by atoms with E-state index in [0.717, 1.165) is 45.6 Å². The molecule has 154 valence electrons. The molecule has 4 rings (SSSR count). The fourth-order valence-electron chi connectivity index (χ4n) is 4.67. The highest BCUT2D eigenvalue weighted by molar-refractivity contribution is 5.76. The van der Waals surface area contributed by atoms with E-state index in [1.165, 1.54) is 16.0 Å². The van der Waals surface area contributed by atoms with E-state index < -0.39 is 0 Å². The van der Waals surface area contributed by atoms with Crippen LogP contribution in [0.5, 0.6) is 0 Å². The first-order valence-electron chi connectivity index (χ1n) is 11.0. The molecule has 2 saturated heterocycles. The van der Waals surface area contributed by atoms with Crippen LogP contribution in [0.25, 0.3) is 0 Å². The second-order valence-electron chi connectivity index (χ2n) is 8.28. The summed E-state index contributed by atoms with van der Waals surface area (Å²) in [5, 5.41) is 3.07. The van der Waals surface area contributed by atoms with E-state index in [-0.39, 0.29) is 12.0 Å². The van der Waals surface area contributed by atoms with Crippen molar-refractivity contribution < 1.29 is 19.3 Å². The molecule has 0 aliphatic carbocycles. The Labute approximate surface area is 173 Å². The molecule has 2 fully saturated rings. The predicted octanol–water partition coefficient (Wildman–Crippen LogP) is -0.145. The maximum atomic E-state index is 12.3. The number of carbonyl (C=O) groups excluding carboxylic acids is 1. The Morgan fingerprint density at radius 3 is 2.14 bits per heavy atom. The number of amides is 1. The fraction of sp³-hybridized carbons (Fsp3) is 0.458. The third-order valence-electron chi connectivity index (χ3n) is 6.23. The molecule has 29 heavy (non-hydrogen) atoms. The maximum absolute atomic E-state index is 12.3. The van der Waals surface area contributed by atoms with Gasteiger partial charge in [-0.15, -0.1) is 0 Å². The zero-order valence-corrected chi connectivity index (χ0v) is 17.1. The third kappa shape index (κ3) is 5.44. The second-order valence-corrected chi connectivity index (χ2v) is 8.28. The molecule has 2 aromatic rings. The van der Waals surface area contributed by atoms with Gasteiger partial charge in [-0.2, -0.15) is 0 Å². The van der Waals surface area contributed by atoms with Crippen LogP contribution in [0.1, 0.15) is 30.0 Å². The highest BCUT2D eigenvalue weighted by atomic mass is 16.5. The van der Waals surface area contributed by atoms with Crippen LogP contribution in [0, 0.1) is 0 Å². The van der Waals surface area contributed by atoms with Gasteiger partial charge in [0.05, 0.1) is 6.10 Å². The molecule has 2 aliphatic rings. The van der Waals surface area contributed by atoms with Crippen LogP contribution in [-0.4, -0.2) is 57.9 Å². The van der Waals surface area contributed by atoms with Crippen molar-refractivity contribution in [2.75, 3.05) is 45.9 Å². The van der Waals surface area contributed by atoms with E-state index in [1.807, 2.05) is 0 Å². The molecule has 1 amide bonds. The van der Waals surface area contributed by atoms with Gasteiger partial charge in [-0.05, 0) is 12.8 Å². The van der Waals surface area contributed by atoms with Crippen LogP contribution >= 0.6 is 0 Å². The molecule has 2 aromatic carbocycles. The SMILES string of the molecule is O=C(C[NH+]1CC[NH+](C(c2ccccc2)c2ccccc2)CC1)NC[C@@H]1CCCO1. The van der Waals surface area contributed by atoms with Crippen molar-refractivity contribution >= 4 is 5.91 Å². The maximum Gasteiger partial charge on any atom is 0.275 e. The summed E-state index contributed by atoms with van der Waals surface area (Å²) in [5.74, 6) is 0.154. The van der Waals surface area contributed by atoms with E-state index in [4.69, 9.17) is 4.74 Å². The first kappa shape index (κ1) is 20.1. The molecule has 3 N–H and O–H groups in total. The molecule has 0 spiro atoms. The van der Waals surface area contributed by atoms with Gasteiger partial charge in [0.1, 0.15) is 32.2 Å². The molecule has 2 aliphatic heterocycles. The van der Waals surface area contributed by atoms with Gasteiger partial charge in [0.2, 0.25) is 0 Å². The van der Waals surface area contributed by atoms with Gasteiger partial charge in [-0.3, -0.25) is 4.79 Å². The minimum Gasteiger partial charge on any atom is -0.376 e. The number of quaternary nitrogens is 2. The monoisotopic (exact) mass is 395 g/mol. The lowest BCUT2D eigenvalue weighted by molar-refractivity contribution is -1.02. The number of ether oxygens (including phenoxy) is 1. The molecule has 0 bridgehead atoms. The van der Waals surface area contributed by atoms with Gasteiger partial charge >= 0.3 is 0 Å². The Hall–Kier alpha value is -2.21. The van der Waals surface area contributed by atoms with E-state index in [1.54, 1.807) is 4.90 Å². The minimum absolute atomic E-state index is 0.154. The van der Waals surface area contributed by atoms with Crippen molar-refractivity contribution in [2.45, 2.75) is 25.0 Å². The molecule has 5 heteroatoms. The van der Waals surface area contributed by atoms with Crippen molar-refractivity contribution in [3.8, 4) is 0 Å². The summed E-state index contributed by atoms with van der Waals surface area (Å²) >= 11 is 0. The molecule has 2 heterocycles. The minimum atomic E-state index is 0.154. The quantitative estimate of drug-likeness (QED) is 0.611. The number of hydrogen-bond donors (Lipinski definition) is 3. The number of piperazine rings is 1. The molecular weight excluding hydrogens is 362 g/mol. The highest BCUT2D eigenvalue weighted by Gasteiger charge is 2.32. The summed E-state index contributed by atoms with van der Waals surface area (Å²) in [7, 11) is 0. The van der Waals surface area contributed by atoms with Crippen LogP contribution in [0.4, 0.5) is 0 Å². The Morgan fingerprint density at radius 1 is 0.966 bits per heavy atom. The molecule has 5 nitrogen and oxygen atoms in total. The molecule has 0 radical (unpaired) electrons. The largest absolute Gasteiger partial charge is 0.376 e. The van der Waals surface area contributed by atoms with Crippen molar-refractivity contribution in [3.05, 3.63) is 71.8 Å². The van der Waals surface area contributed by atoms with Gasteiger partial charge < -0.3 is 19.9 Å². The van der Waals surface area contributed by atoms with Crippen molar-refractivity contribution in [1.82, 2.24) is 5.32 Å². The molecular formula is C24H33N3O2+2. The fourth-order valence-corrected chi connectivity index (χ4v) is 4.67. The van der Waals surface area contributed by atoms with Crippen LogP contribution in [0.15, 0.2) is 60.7 Å². The molecule has 0 unspecified atom stereocenters. The van der Waals surface area contributed by atoms with E-state index in [0.29, 0.717) is 19.1 Å². The first-order valence-corrected chi connectivity index (χ1v) is 11.0. The number of rotatable bonds is 7. The smallest absolute Gasteiger partial charge is 0.275 e. The van der Waals surface area contributed by atoms with Gasteiger partial charge in [-0.25, -0.2) is 0 Å². The lowest BCUT2D eigenvalue weighted by atomic mass is 9.96. The van der Waals surface area contributed by atoms with Crippen molar-refractivity contribution in [3.63, 3.8) is 0 Å². The molecule has 1 atom stereocenters. The van der Waals surface area contributed by atoms with Crippen molar-refractivity contribution in [2.24, 2.45) is 0 Å². The van der Waals surface area contributed by atoms with Gasteiger partial charge in [0.25, 0.3) is 5.91 Å². The van der Waals surface area contributed by atoms with Crippen LogP contribution in [0.2, 0.25) is 0 Å². The second kappa shape index (κ2) is 10.0. The summed E-state index contributed by atoms with van der Waals surface area (Å²) in [6, 6.07) is 22.0. The third-order valence-corrected chi connectivity index (χ3v) is 6.23. The number of hydrogen-bond acceptors (Lipinski definition) is 2. The average molecular weight is 396 g/mol. The van der Waals surface area contributed by atoms with Crippen LogP contribution in [-0.2, 0) is 9.53 Å². The summed E-state index contributed by atoms with van der Waals surface area (Å²) < 4.78 is 5.59. The Morgan fingerprint density at radius 2 is 1.59 bits per heavy atom. The lowest BCUT2D eigenvalue weighted by Crippen LogP contribution is -3.28. The van der Waals surface area contributed by atoms with Crippen LogP contribution < -0.4 is 15.1 Å². The summed E-state index contributed by atoms with van der Waals surface area (Å²) in [4.78, 5) is 15.3. The lowest BCUT2D eigenvalue weighted by Gasteiger charge is -2.35. The topological polar surface area (TPSA) is 47.2 Å². The average Bonchev–Trinajstić information content (AvgIpc) is 3.29. The standard InChI is InChI=1S/C24H31N3O2/c28-23(25-18-22-12-7-17-29-22)19-26-13-15-27(16-14-26)24(20-8-3-1-4-9-20)21-10-5-2-6-11-21/h1-6,8-11,22,24H,7,12-19H2,(H,25,28)/p+2/t22-/m0/s1. The first-order chi connectivity index (χ1) is 14.3. The highest BCUT2D eigenvalue weighted by Crippen LogP contribution is 2.18. The van der Waals surface area contributed by atoms with E-state index >= 15 is 0 Å². The number of benzene rings is 2. The summed E-state index contributed by atoms with van der Waals surface area (Å²) in [6.45, 7) is 6.26.